The molecule has 0 radical (unpaired) electrons. The number of carbonyl (C=O) groups is 2. The standard InChI is InChI=1S/C17H22N2O3S/c1-2-3-9-23-10-7-16(20)18-14-4-5-15-13(11-14)6-8-19(15)12-17(21)22/h4-6,8,11H,2-3,7,9-10,12H2,1H3,(H,18,20)(H,21,22). The molecule has 0 aliphatic rings. The van der Waals surface area contributed by atoms with Crippen molar-refractivity contribution in [2.24, 2.45) is 0 Å². The smallest absolute Gasteiger partial charge is 0.323 e. The van der Waals surface area contributed by atoms with Crippen LogP contribution in [-0.2, 0) is 16.1 Å². The first-order valence-corrected chi connectivity index (χ1v) is 8.94. The minimum absolute atomic E-state index is 0.0123. The fourth-order valence-electron chi connectivity index (χ4n) is 2.30. The molecule has 1 amide bonds. The number of benzene rings is 1. The number of thioether (sulfide) groups is 1. The van der Waals surface area contributed by atoms with Gasteiger partial charge in [0.15, 0.2) is 0 Å². The van der Waals surface area contributed by atoms with Crippen LogP contribution in [0.25, 0.3) is 10.9 Å². The fourth-order valence-corrected chi connectivity index (χ4v) is 3.32. The lowest BCUT2D eigenvalue weighted by atomic mass is 10.2. The predicted octanol–water partition coefficient (Wildman–Crippen LogP) is 3.59. The number of carboxylic acid groups (broad SMARTS) is 1. The van der Waals surface area contributed by atoms with E-state index in [0.29, 0.717) is 6.42 Å². The zero-order chi connectivity index (χ0) is 16.7. The molecule has 0 aliphatic carbocycles. The number of carboxylic acids is 1. The lowest BCUT2D eigenvalue weighted by Gasteiger charge is -2.06. The van der Waals surface area contributed by atoms with Crippen LogP contribution in [0.1, 0.15) is 26.2 Å². The number of aliphatic carboxylic acids is 1. The van der Waals surface area contributed by atoms with Crippen molar-refractivity contribution in [2.45, 2.75) is 32.7 Å². The summed E-state index contributed by atoms with van der Waals surface area (Å²) in [7, 11) is 0. The highest BCUT2D eigenvalue weighted by atomic mass is 32.2. The molecule has 5 nitrogen and oxygen atoms in total. The second kappa shape index (κ2) is 8.62. The first-order valence-electron chi connectivity index (χ1n) is 7.78. The van der Waals surface area contributed by atoms with E-state index in [2.05, 4.69) is 12.2 Å². The number of anilines is 1. The lowest BCUT2D eigenvalue weighted by molar-refractivity contribution is -0.137. The van der Waals surface area contributed by atoms with Crippen LogP contribution in [-0.4, -0.2) is 33.1 Å². The normalized spacial score (nSPS) is 10.8. The van der Waals surface area contributed by atoms with Gasteiger partial charge in [0, 0.05) is 35.0 Å². The molecule has 0 saturated carbocycles. The average Bonchev–Trinajstić information content (AvgIpc) is 2.89. The second-order valence-electron chi connectivity index (χ2n) is 5.38. The molecule has 0 bridgehead atoms. The largest absolute Gasteiger partial charge is 0.480 e. The Labute approximate surface area is 140 Å². The van der Waals surface area contributed by atoms with Crippen LogP contribution in [0.15, 0.2) is 30.5 Å². The van der Waals surface area contributed by atoms with Crippen molar-refractivity contribution in [1.82, 2.24) is 4.57 Å². The van der Waals surface area contributed by atoms with E-state index in [-0.39, 0.29) is 12.5 Å². The van der Waals surface area contributed by atoms with Crippen molar-refractivity contribution >= 4 is 40.2 Å². The van der Waals surface area contributed by atoms with E-state index in [1.807, 2.05) is 36.0 Å². The van der Waals surface area contributed by atoms with E-state index >= 15 is 0 Å². The highest BCUT2D eigenvalue weighted by Gasteiger charge is 2.07. The van der Waals surface area contributed by atoms with E-state index in [4.69, 9.17) is 5.11 Å². The number of fused-ring (bicyclic) bond motifs is 1. The highest BCUT2D eigenvalue weighted by Crippen LogP contribution is 2.21. The van der Waals surface area contributed by atoms with Crippen LogP contribution < -0.4 is 5.32 Å². The van der Waals surface area contributed by atoms with Crippen LogP contribution in [0.5, 0.6) is 0 Å². The number of aromatic nitrogens is 1. The number of unbranched alkanes of at least 4 members (excludes halogenated alkanes) is 1. The summed E-state index contributed by atoms with van der Waals surface area (Å²) in [6.07, 6.45) is 4.62. The Hall–Kier alpha value is -1.95. The Morgan fingerprint density at radius 1 is 1.26 bits per heavy atom. The number of nitrogens with zero attached hydrogens (tertiary/aromatic N) is 1. The van der Waals surface area contributed by atoms with Crippen molar-refractivity contribution in [1.29, 1.82) is 0 Å². The third-order valence-electron chi connectivity index (χ3n) is 3.48. The van der Waals surface area contributed by atoms with Gasteiger partial charge >= 0.3 is 5.97 Å². The van der Waals surface area contributed by atoms with Gasteiger partial charge in [0.25, 0.3) is 0 Å². The maximum absolute atomic E-state index is 11.9. The van der Waals surface area contributed by atoms with Gasteiger partial charge < -0.3 is 15.0 Å². The van der Waals surface area contributed by atoms with Gasteiger partial charge in [0.1, 0.15) is 6.54 Å². The Bertz CT molecular complexity index is 682. The maximum Gasteiger partial charge on any atom is 0.323 e. The number of hydrogen-bond acceptors (Lipinski definition) is 3. The summed E-state index contributed by atoms with van der Waals surface area (Å²) in [6, 6.07) is 7.37. The summed E-state index contributed by atoms with van der Waals surface area (Å²) in [6.45, 7) is 2.09. The molecule has 23 heavy (non-hydrogen) atoms. The first kappa shape index (κ1) is 17.4. The van der Waals surface area contributed by atoms with Gasteiger partial charge in [-0.2, -0.15) is 11.8 Å². The third kappa shape index (κ3) is 5.32. The Kier molecular flexibility index (Phi) is 6.52. The van der Waals surface area contributed by atoms with Crippen LogP contribution in [0.4, 0.5) is 5.69 Å². The first-order chi connectivity index (χ1) is 11.1. The van der Waals surface area contributed by atoms with Crippen molar-refractivity contribution < 1.29 is 14.7 Å². The van der Waals surface area contributed by atoms with Gasteiger partial charge in [-0.25, -0.2) is 0 Å². The summed E-state index contributed by atoms with van der Waals surface area (Å²) >= 11 is 1.81. The van der Waals surface area contributed by atoms with Gasteiger partial charge in [0.2, 0.25) is 5.91 Å². The summed E-state index contributed by atoms with van der Waals surface area (Å²) in [5.74, 6) is 1.08. The van der Waals surface area contributed by atoms with E-state index in [9.17, 15) is 9.59 Å². The quantitative estimate of drug-likeness (QED) is 0.688. The maximum atomic E-state index is 11.9. The van der Waals surface area contributed by atoms with Crippen LogP contribution in [0.2, 0.25) is 0 Å². The predicted molar refractivity (Wildman–Crippen MR) is 95.1 cm³/mol. The van der Waals surface area contributed by atoms with Gasteiger partial charge in [-0.1, -0.05) is 13.3 Å². The SMILES string of the molecule is CCCCSCCC(=O)Nc1ccc2c(ccn2CC(=O)O)c1. The van der Waals surface area contributed by atoms with E-state index in [0.717, 1.165) is 28.1 Å². The molecule has 0 aliphatic heterocycles. The molecule has 1 heterocycles. The number of amides is 1. The summed E-state index contributed by atoms with van der Waals surface area (Å²) in [5, 5.41) is 12.7. The van der Waals surface area contributed by atoms with Gasteiger partial charge in [0.05, 0.1) is 0 Å². The summed E-state index contributed by atoms with van der Waals surface area (Å²) in [4.78, 5) is 22.7. The number of rotatable bonds is 9. The van der Waals surface area contributed by atoms with Crippen LogP contribution >= 0.6 is 11.8 Å². The molecule has 0 fully saturated rings. The monoisotopic (exact) mass is 334 g/mol. The molecule has 2 N–H and O–H groups in total. The third-order valence-corrected chi connectivity index (χ3v) is 4.55. The molecule has 6 heteroatoms. The van der Waals surface area contributed by atoms with E-state index in [1.54, 1.807) is 10.8 Å². The molecule has 0 unspecified atom stereocenters. The minimum atomic E-state index is -0.875. The molecular weight excluding hydrogens is 312 g/mol. The summed E-state index contributed by atoms with van der Waals surface area (Å²) < 4.78 is 1.67. The molecule has 1 aromatic carbocycles. The zero-order valence-corrected chi connectivity index (χ0v) is 14.1. The Morgan fingerprint density at radius 3 is 2.83 bits per heavy atom. The number of carbonyl (C=O) groups excluding carboxylic acids is 1. The van der Waals surface area contributed by atoms with Crippen LogP contribution in [0, 0.1) is 0 Å². The topological polar surface area (TPSA) is 71.3 Å². The van der Waals surface area contributed by atoms with E-state index in [1.165, 1.54) is 12.8 Å². The second-order valence-corrected chi connectivity index (χ2v) is 6.60. The molecular formula is C17H22N2O3S. The van der Waals surface area contributed by atoms with Crippen molar-refractivity contribution in [3.8, 4) is 0 Å². The highest BCUT2D eigenvalue weighted by molar-refractivity contribution is 7.99. The van der Waals surface area contributed by atoms with Crippen LogP contribution in [0.3, 0.4) is 0 Å². The number of nitrogens with one attached hydrogen (secondary N) is 1. The molecule has 2 aromatic rings. The average molecular weight is 334 g/mol. The molecule has 1 aromatic heterocycles. The summed E-state index contributed by atoms with van der Waals surface area (Å²) in [5.41, 5.74) is 1.59. The van der Waals surface area contributed by atoms with Crippen molar-refractivity contribution in [2.75, 3.05) is 16.8 Å². The van der Waals surface area contributed by atoms with E-state index < -0.39 is 5.97 Å². The zero-order valence-electron chi connectivity index (χ0n) is 13.2. The van der Waals surface area contributed by atoms with Crippen molar-refractivity contribution in [3.05, 3.63) is 30.5 Å². The number of hydrogen-bond donors (Lipinski definition) is 2. The van der Waals surface area contributed by atoms with Gasteiger partial charge in [-0.15, -0.1) is 0 Å². The molecule has 2 rings (SSSR count). The molecule has 0 atom stereocenters. The Balaban J connectivity index is 1.91. The Morgan fingerprint density at radius 2 is 2.09 bits per heavy atom. The molecule has 124 valence electrons. The van der Waals surface area contributed by atoms with Crippen molar-refractivity contribution in [3.63, 3.8) is 0 Å². The minimum Gasteiger partial charge on any atom is -0.480 e. The van der Waals surface area contributed by atoms with Gasteiger partial charge in [-0.05, 0) is 36.4 Å². The molecule has 0 saturated heterocycles. The molecule has 0 spiro atoms. The fraction of sp³-hybridized carbons (Fsp3) is 0.412. The van der Waals surface area contributed by atoms with Gasteiger partial charge in [-0.3, -0.25) is 9.59 Å². The lowest BCUT2D eigenvalue weighted by Crippen LogP contribution is -2.12.